The lowest BCUT2D eigenvalue weighted by atomic mass is 9.99. The van der Waals surface area contributed by atoms with Crippen LogP contribution in [-0.2, 0) is 6.42 Å². The zero-order valence-corrected chi connectivity index (χ0v) is 26.4. The van der Waals surface area contributed by atoms with E-state index in [-0.39, 0.29) is 5.75 Å². The van der Waals surface area contributed by atoms with Gasteiger partial charge in [0.25, 0.3) is 0 Å². The molecule has 0 aliphatic heterocycles. The number of hydrogen-bond donors (Lipinski definition) is 1. The molecule has 0 bridgehead atoms. The first-order chi connectivity index (χ1) is 21.0. The number of aryl methyl sites for hydroxylation is 1. The molecule has 4 aromatic rings. The number of aromatic nitrogens is 3. The van der Waals surface area contributed by atoms with Crippen LogP contribution < -0.4 is 10.1 Å². The number of amidine groups is 2. The third-order valence-electron chi connectivity index (χ3n) is 6.34. The topological polar surface area (TPSA) is 76.7 Å². The Morgan fingerprint density at radius 1 is 1.09 bits per heavy atom. The summed E-state index contributed by atoms with van der Waals surface area (Å²) in [5.41, 5.74) is 5.91. The first-order valence-electron chi connectivity index (χ1n) is 13.7. The van der Waals surface area contributed by atoms with Gasteiger partial charge in [0.2, 0.25) is 0 Å². The minimum absolute atomic E-state index is 0.299. The Balaban J connectivity index is 1.39. The zero-order valence-electron chi connectivity index (χ0n) is 24.8. The van der Waals surface area contributed by atoms with Crippen LogP contribution >= 0.6 is 23.5 Å². The van der Waals surface area contributed by atoms with E-state index in [1.807, 2.05) is 30.5 Å². The smallest absolute Gasteiger partial charge is 0.406 e. The van der Waals surface area contributed by atoms with Crippen molar-refractivity contribution < 1.29 is 17.9 Å². The number of hydrogen-bond acceptors (Lipinski definition) is 6. The average molecular weight is 639 g/mol. The molecule has 230 valence electrons. The minimum Gasteiger partial charge on any atom is -0.406 e. The van der Waals surface area contributed by atoms with E-state index >= 15 is 0 Å². The van der Waals surface area contributed by atoms with Gasteiger partial charge in [-0.15, -0.1) is 18.3 Å². The van der Waals surface area contributed by atoms with E-state index in [2.05, 4.69) is 65.7 Å². The number of nitrogens with one attached hydrogen (secondary N) is 1. The Bertz CT molecular complexity index is 1610. The van der Waals surface area contributed by atoms with Crippen molar-refractivity contribution in [2.75, 3.05) is 18.1 Å². The first kappa shape index (κ1) is 32.9. The number of rotatable bonds is 9. The highest BCUT2D eigenvalue weighted by Gasteiger charge is 2.31. The number of ether oxygens (including phenoxy) is 1. The van der Waals surface area contributed by atoms with Crippen molar-refractivity contribution in [1.82, 2.24) is 14.8 Å². The molecule has 12 heteroatoms. The molecule has 4 rings (SSSR count). The molecular weight excluding hydrogens is 606 g/mol. The summed E-state index contributed by atoms with van der Waals surface area (Å²) in [6, 6.07) is 19.7. The Morgan fingerprint density at radius 2 is 1.82 bits per heavy atom. The largest absolute Gasteiger partial charge is 0.573 e. The summed E-state index contributed by atoms with van der Waals surface area (Å²) >= 11 is 2.91. The monoisotopic (exact) mass is 638 g/mol. The molecule has 0 fully saturated rings. The van der Waals surface area contributed by atoms with Crippen molar-refractivity contribution >= 4 is 39.5 Å². The molecule has 3 aromatic carbocycles. The van der Waals surface area contributed by atoms with Gasteiger partial charge in [-0.2, -0.15) is 4.99 Å². The maximum Gasteiger partial charge on any atom is 0.573 e. The predicted molar refractivity (Wildman–Crippen MR) is 177 cm³/mol. The molecule has 1 heterocycles. The van der Waals surface area contributed by atoms with Crippen molar-refractivity contribution in [3.8, 4) is 22.8 Å². The van der Waals surface area contributed by atoms with E-state index in [0.717, 1.165) is 22.0 Å². The van der Waals surface area contributed by atoms with Gasteiger partial charge in [0.15, 0.2) is 16.2 Å². The van der Waals surface area contributed by atoms with Gasteiger partial charge in [0.05, 0.1) is 5.69 Å². The molecule has 0 aliphatic rings. The Hall–Kier alpha value is -4.03. The van der Waals surface area contributed by atoms with Gasteiger partial charge in [0, 0.05) is 17.8 Å². The van der Waals surface area contributed by atoms with Crippen LogP contribution in [-0.4, -0.2) is 44.3 Å². The van der Waals surface area contributed by atoms with Crippen molar-refractivity contribution in [2.24, 2.45) is 9.98 Å². The third kappa shape index (κ3) is 9.48. The lowest BCUT2D eigenvalue weighted by molar-refractivity contribution is -0.274. The second-order valence-corrected chi connectivity index (χ2v) is 11.7. The van der Waals surface area contributed by atoms with Crippen LogP contribution in [0.2, 0.25) is 0 Å². The second-order valence-electron chi connectivity index (χ2n) is 9.94. The highest BCUT2D eigenvalue weighted by molar-refractivity contribution is 8.17. The standard InChI is InChI=1S/C32H33F3N6OS2/c1-6-44-30(39-31(43-5)38-28-19-22(4)7-16-27(28)21(2)3)36-18-17-23-8-10-24(11-9-23)29-37-20-41(40-29)25-12-14-26(15-13-25)42-32(33,34)35/h6-16,19-21H,1,17-18H2,2-5H3,(H,36,38,39). The van der Waals surface area contributed by atoms with E-state index in [4.69, 9.17) is 9.98 Å². The Kier molecular flexibility index (Phi) is 11.3. The molecule has 1 N–H and O–H groups in total. The van der Waals surface area contributed by atoms with Crippen LogP contribution in [0.1, 0.15) is 36.5 Å². The molecule has 0 unspecified atom stereocenters. The molecule has 44 heavy (non-hydrogen) atoms. The van der Waals surface area contributed by atoms with Crippen molar-refractivity contribution in [3.63, 3.8) is 0 Å². The van der Waals surface area contributed by atoms with E-state index in [0.29, 0.717) is 35.6 Å². The van der Waals surface area contributed by atoms with Gasteiger partial charge < -0.3 is 10.1 Å². The van der Waals surface area contributed by atoms with Crippen LogP contribution in [0.4, 0.5) is 18.9 Å². The van der Waals surface area contributed by atoms with Gasteiger partial charge in [0.1, 0.15) is 12.1 Å². The van der Waals surface area contributed by atoms with Crippen molar-refractivity contribution in [1.29, 1.82) is 0 Å². The fourth-order valence-electron chi connectivity index (χ4n) is 4.20. The van der Waals surface area contributed by atoms with Gasteiger partial charge in [-0.25, -0.2) is 9.67 Å². The summed E-state index contributed by atoms with van der Waals surface area (Å²) in [4.78, 5) is 13.9. The molecule has 1 aromatic heterocycles. The second kappa shape index (κ2) is 15.1. The lowest BCUT2D eigenvalue weighted by Crippen LogP contribution is -2.17. The quantitative estimate of drug-likeness (QED) is 0.146. The minimum atomic E-state index is -4.74. The van der Waals surface area contributed by atoms with E-state index in [1.165, 1.54) is 69.9 Å². The molecule has 0 atom stereocenters. The highest BCUT2D eigenvalue weighted by Crippen LogP contribution is 2.27. The van der Waals surface area contributed by atoms with E-state index in [1.54, 1.807) is 5.41 Å². The highest BCUT2D eigenvalue weighted by atomic mass is 32.2. The number of thioether (sulfide) groups is 2. The number of aliphatic imine (C=N–C) groups is 2. The zero-order chi connectivity index (χ0) is 31.7. The van der Waals surface area contributed by atoms with Gasteiger partial charge in [-0.05, 0) is 77.9 Å². The predicted octanol–water partition coefficient (Wildman–Crippen LogP) is 8.87. The molecule has 0 saturated heterocycles. The fraction of sp³-hybridized carbons (Fsp3) is 0.250. The fourth-order valence-corrected chi connectivity index (χ4v) is 5.11. The summed E-state index contributed by atoms with van der Waals surface area (Å²) in [6.07, 6.45) is -0.536. The van der Waals surface area contributed by atoms with E-state index < -0.39 is 6.36 Å². The summed E-state index contributed by atoms with van der Waals surface area (Å²) in [7, 11) is 0. The summed E-state index contributed by atoms with van der Waals surface area (Å²) in [5, 5.41) is 11.0. The maximum atomic E-state index is 12.4. The number of nitrogens with zero attached hydrogens (tertiary/aromatic N) is 5. The molecule has 0 saturated carbocycles. The molecule has 0 aliphatic carbocycles. The summed E-state index contributed by atoms with van der Waals surface area (Å²) in [6.45, 7) is 10.8. The molecule has 0 amide bonds. The molecule has 7 nitrogen and oxygen atoms in total. The van der Waals surface area contributed by atoms with Gasteiger partial charge >= 0.3 is 6.36 Å². The number of benzene rings is 3. The normalized spacial score (nSPS) is 12.5. The van der Waals surface area contributed by atoms with Gasteiger partial charge in [-0.1, -0.05) is 80.3 Å². The van der Waals surface area contributed by atoms with Crippen LogP contribution in [0.3, 0.4) is 0 Å². The average Bonchev–Trinajstić information content (AvgIpc) is 3.47. The SMILES string of the molecule is C=CSC(=NCCc1ccc(-c2ncn(-c3ccc(OC(F)(F)F)cc3)n2)cc1)N=C(Nc1cc(C)ccc1C(C)C)SC. The molecule has 0 spiro atoms. The van der Waals surface area contributed by atoms with Crippen LogP contribution in [0.5, 0.6) is 5.75 Å². The van der Waals surface area contributed by atoms with Crippen LogP contribution in [0.15, 0.2) is 95.0 Å². The molecular formula is C32H33F3N6OS2. The number of anilines is 1. The van der Waals surface area contributed by atoms with Crippen molar-refractivity contribution in [2.45, 2.75) is 39.5 Å². The van der Waals surface area contributed by atoms with Gasteiger partial charge in [-0.3, -0.25) is 4.99 Å². The Morgan fingerprint density at radius 3 is 2.45 bits per heavy atom. The summed E-state index contributed by atoms with van der Waals surface area (Å²) < 4.78 is 42.7. The van der Waals surface area contributed by atoms with E-state index in [9.17, 15) is 13.2 Å². The Labute approximate surface area is 263 Å². The van der Waals surface area contributed by atoms with Crippen LogP contribution in [0, 0.1) is 6.92 Å². The third-order valence-corrected chi connectivity index (χ3v) is 7.52. The molecule has 0 radical (unpaired) electrons. The summed E-state index contributed by atoms with van der Waals surface area (Å²) in [5.74, 6) is 0.570. The lowest BCUT2D eigenvalue weighted by Gasteiger charge is -2.16. The number of halogens is 3. The maximum absolute atomic E-state index is 12.4. The van der Waals surface area contributed by atoms with Crippen LogP contribution in [0.25, 0.3) is 17.1 Å². The number of alkyl halides is 3. The van der Waals surface area contributed by atoms with Crippen molar-refractivity contribution in [3.05, 3.63) is 102 Å². The first-order valence-corrected chi connectivity index (χ1v) is 15.8.